The summed E-state index contributed by atoms with van der Waals surface area (Å²) in [6, 6.07) is 6.77. The molecule has 4 rings (SSSR count). The summed E-state index contributed by atoms with van der Waals surface area (Å²) in [7, 11) is 2.02. The molecule has 2 N–H and O–H groups in total. The van der Waals surface area contributed by atoms with E-state index in [-0.39, 0.29) is 57.2 Å². The molecule has 0 aliphatic carbocycles. The lowest BCUT2D eigenvalue weighted by atomic mass is 9.89. The molecule has 0 saturated carbocycles. The van der Waals surface area contributed by atoms with E-state index in [9.17, 15) is 35.9 Å². The number of halogens is 6. The third kappa shape index (κ3) is 13.4. The number of benzene rings is 1. The number of likely N-dealkylation sites (tertiary alicyclic amines) is 1. The first-order valence-electron chi connectivity index (χ1n) is 17.9. The van der Waals surface area contributed by atoms with E-state index in [0.29, 0.717) is 29.6 Å². The first kappa shape index (κ1) is 43.3. The van der Waals surface area contributed by atoms with E-state index in [4.69, 9.17) is 18.9 Å². The van der Waals surface area contributed by atoms with E-state index in [0.717, 1.165) is 35.0 Å². The Balaban J connectivity index is 1.33. The molecule has 0 unspecified atom stereocenters. The molecule has 12 nitrogen and oxygen atoms in total. The van der Waals surface area contributed by atoms with Crippen molar-refractivity contribution in [2.75, 3.05) is 65.0 Å². The highest BCUT2D eigenvalue weighted by Crippen LogP contribution is 2.33. The molecule has 1 aromatic carbocycles. The fourth-order valence-electron chi connectivity index (χ4n) is 6.14. The van der Waals surface area contributed by atoms with Gasteiger partial charge >= 0.3 is 24.4 Å². The number of esters is 1. The predicted molar refractivity (Wildman–Crippen MR) is 192 cm³/mol. The number of rotatable bonds is 15. The monoisotopic (exact) mass is 786 g/mol. The Morgan fingerprint density at radius 3 is 2.44 bits per heavy atom. The van der Waals surface area contributed by atoms with Crippen LogP contribution >= 0.6 is 0 Å². The normalized spacial score (nSPS) is 16.8. The van der Waals surface area contributed by atoms with Gasteiger partial charge in [0.2, 0.25) is 0 Å². The van der Waals surface area contributed by atoms with E-state index < -0.39 is 47.8 Å². The number of nitrogens with one attached hydrogen (secondary N) is 2. The minimum atomic E-state index is -4.82. The second-order valence-electron chi connectivity index (χ2n) is 14.1. The first-order chi connectivity index (χ1) is 25.8. The summed E-state index contributed by atoms with van der Waals surface area (Å²) in [4.78, 5) is 26.1. The van der Waals surface area contributed by atoms with E-state index in [2.05, 4.69) is 32.5 Å². The fraction of sp³-hybridized carbons (Fsp3) is 0.595. The Kier molecular flexibility index (Phi) is 14.9. The molecule has 1 fully saturated rings. The lowest BCUT2D eigenvalue weighted by Gasteiger charge is -2.38. The zero-order valence-corrected chi connectivity index (χ0v) is 31.5. The highest BCUT2D eigenvalue weighted by Gasteiger charge is 2.40. The van der Waals surface area contributed by atoms with Crippen LogP contribution in [-0.2, 0) is 38.2 Å². The Bertz CT molecular complexity index is 1810. The number of amides is 1. The zero-order chi connectivity index (χ0) is 40.4. The molecule has 1 saturated heterocycles. The maximum atomic E-state index is 13.7. The van der Waals surface area contributed by atoms with Crippen LogP contribution in [0.4, 0.5) is 36.8 Å². The van der Waals surface area contributed by atoms with Gasteiger partial charge in [-0.2, -0.15) is 31.4 Å². The Hall–Kier alpha value is -4.47. The van der Waals surface area contributed by atoms with E-state index >= 15 is 0 Å². The molecule has 304 valence electrons. The summed E-state index contributed by atoms with van der Waals surface area (Å²) < 4.78 is 105. The number of ether oxygens (including phenoxy) is 4. The lowest BCUT2D eigenvalue weighted by Crippen LogP contribution is -2.45. The van der Waals surface area contributed by atoms with Gasteiger partial charge in [-0.05, 0) is 84.2 Å². The minimum Gasteiger partial charge on any atom is -0.462 e. The van der Waals surface area contributed by atoms with Gasteiger partial charge in [0.25, 0.3) is 0 Å². The van der Waals surface area contributed by atoms with Gasteiger partial charge in [-0.3, -0.25) is 4.68 Å². The molecule has 1 aliphatic heterocycles. The topological polar surface area (TPSA) is 121 Å². The number of piperidine rings is 1. The number of aromatic nitrogens is 3. The lowest BCUT2D eigenvalue weighted by molar-refractivity contribution is -0.142. The van der Waals surface area contributed by atoms with Crippen molar-refractivity contribution in [3.05, 3.63) is 47.4 Å². The number of hydrogen-bond donors (Lipinski definition) is 2. The summed E-state index contributed by atoms with van der Waals surface area (Å²) in [5.74, 6) is 4.56. The second kappa shape index (κ2) is 18.9. The summed E-state index contributed by atoms with van der Waals surface area (Å²) in [5, 5.41) is 10.2. The van der Waals surface area contributed by atoms with Crippen LogP contribution in [0.15, 0.2) is 30.5 Å². The molecule has 0 bridgehead atoms. The SMILES string of the molecule is CCOC(=O)c1cn(CCOCCOCC[C@H]2CN(C)CC[C@@H]2Nc2cccc3c2cc(C#CCNC(=O)OC(C)(C)C)n3CC(F)(F)F)nc1C(F)(F)F. The van der Waals surface area contributed by atoms with Gasteiger partial charge in [0, 0.05) is 36.5 Å². The van der Waals surface area contributed by atoms with Gasteiger partial charge in [0.1, 0.15) is 17.7 Å². The van der Waals surface area contributed by atoms with Crippen molar-refractivity contribution in [1.29, 1.82) is 0 Å². The van der Waals surface area contributed by atoms with Crippen molar-refractivity contribution in [2.45, 2.75) is 77.6 Å². The number of nitrogens with zero attached hydrogens (tertiary/aromatic N) is 4. The van der Waals surface area contributed by atoms with Crippen LogP contribution in [0.3, 0.4) is 0 Å². The number of anilines is 1. The molecule has 2 aromatic heterocycles. The first-order valence-corrected chi connectivity index (χ1v) is 17.9. The number of alkyl halides is 6. The van der Waals surface area contributed by atoms with Gasteiger partial charge < -0.3 is 39.0 Å². The van der Waals surface area contributed by atoms with E-state index in [1.165, 1.54) is 6.92 Å². The summed E-state index contributed by atoms with van der Waals surface area (Å²) in [5.41, 5.74) is -1.48. The largest absolute Gasteiger partial charge is 0.462 e. The van der Waals surface area contributed by atoms with Gasteiger partial charge in [-0.1, -0.05) is 12.0 Å². The zero-order valence-electron chi connectivity index (χ0n) is 31.5. The molecular formula is C37H48F6N6O6. The number of alkyl carbamates (subject to hydrolysis) is 1. The average molecular weight is 787 g/mol. The molecule has 0 radical (unpaired) electrons. The van der Waals surface area contributed by atoms with Crippen molar-refractivity contribution in [1.82, 2.24) is 24.6 Å². The third-order valence-corrected chi connectivity index (χ3v) is 8.49. The highest BCUT2D eigenvalue weighted by atomic mass is 19.4. The Morgan fingerprint density at radius 1 is 1.04 bits per heavy atom. The van der Waals surface area contributed by atoms with Gasteiger partial charge in [0.05, 0.1) is 50.7 Å². The smallest absolute Gasteiger partial charge is 0.436 e. The van der Waals surface area contributed by atoms with Gasteiger partial charge in [-0.15, -0.1) is 0 Å². The van der Waals surface area contributed by atoms with Crippen LogP contribution in [0.2, 0.25) is 0 Å². The van der Waals surface area contributed by atoms with Crippen molar-refractivity contribution < 1.29 is 54.9 Å². The van der Waals surface area contributed by atoms with Gasteiger partial charge in [-0.25, -0.2) is 9.59 Å². The molecule has 1 amide bonds. The molecular weight excluding hydrogens is 738 g/mol. The third-order valence-electron chi connectivity index (χ3n) is 8.49. The number of carbonyl (C=O) groups excluding carboxylic acids is 2. The van der Waals surface area contributed by atoms with E-state index in [1.807, 2.05) is 13.1 Å². The van der Waals surface area contributed by atoms with Crippen molar-refractivity contribution in [3.63, 3.8) is 0 Å². The second-order valence-corrected chi connectivity index (χ2v) is 14.1. The predicted octanol–water partition coefficient (Wildman–Crippen LogP) is 6.33. The maximum Gasteiger partial charge on any atom is 0.436 e. The standard InChI is InChI=1S/C37H48F6N6O6/c1-6-54-33(50)28-23-48(46-32(28)37(41,42)43)16-18-53-20-19-52-17-13-25-22-47(5)15-12-29(25)45-30-10-7-11-31-27(30)21-26(49(31)24-36(38,39)40)9-8-14-44-34(51)55-35(2,3)4/h7,10-11,21,23,25,29,45H,6,12-20,22,24H2,1-5H3,(H,44,51)/t25-,29-/m0/s1. The van der Waals surface area contributed by atoms with Gasteiger partial charge in [0.15, 0.2) is 5.69 Å². The van der Waals surface area contributed by atoms with Crippen LogP contribution in [-0.4, -0.2) is 109 Å². The molecule has 55 heavy (non-hydrogen) atoms. The number of carbonyl (C=O) groups is 2. The molecule has 2 atom stereocenters. The molecule has 18 heteroatoms. The highest BCUT2D eigenvalue weighted by molar-refractivity contribution is 5.94. The summed E-state index contributed by atoms with van der Waals surface area (Å²) in [6.07, 6.45) is -7.54. The van der Waals surface area contributed by atoms with Crippen molar-refractivity contribution in [3.8, 4) is 11.8 Å². The Morgan fingerprint density at radius 2 is 1.76 bits per heavy atom. The number of hydrogen-bond acceptors (Lipinski definition) is 9. The van der Waals surface area contributed by atoms with E-state index in [1.54, 1.807) is 39.0 Å². The summed E-state index contributed by atoms with van der Waals surface area (Å²) in [6.45, 7) is 7.64. The van der Waals surface area contributed by atoms with Crippen LogP contribution in [0.5, 0.6) is 0 Å². The maximum absolute atomic E-state index is 13.7. The quantitative estimate of drug-likeness (QED) is 0.0789. The Labute approximate surface area is 315 Å². The molecule has 1 aliphatic rings. The number of fused-ring (bicyclic) bond motifs is 1. The van der Waals surface area contributed by atoms with Crippen molar-refractivity contribution >= 4 is 28.7 Å². The fourth-order valence-corrected chi connectivity index (χ4v) is 6.14. The van der Waals surface area contributed by atoms with Crippen LogP contribution < -0.4 is 10.6 Å². The minimum absolute atomic E-state index is 0.00432. The van der Waals surface area contributed by atoms with Crippen LogP contribution in [0, 0.1) is 17.8 Å². The molecule has 0 spiro atoms. The average Bonchev–Trinajstić information content (AvgIpc) is 3.66. The van der Waals surface area contributed by atoms with Crippen LogP contribution in [0.1, 0.15) is 62.3 Å². The molecule has 3 heterocycles. The molecule has 3 aromatic rings. The summed E-state index contributed by atoms with van der Waals surface area (Å²) >= 11 is 0. The van der Waals surface area contributed by atoms with Crippen LogP contribution in [0.25, 0.3) is 10.9 Å². The van der Waals surface area contributed by atoms with Crippen molar-refractivity contribution in [2.24, 2.45) is 5.92 Å².